The number of nitrogens with zero attached hydrogens (tertiary/aromatic N) is 1. The van der Waals surface area contributed by atoms with Crippen molar-refractivity contribution in [1.29, 1.82) is 0 Å². The highest BCUT2D eigenvalue weighted by atomic mass is 31.2. The van der Waals surface area contributed by atoms with Crippen molar-refractivity contribution in [2.45, 2.75) is 20.8 Å². The summed E-state index contributed by atoms with van der Waals surface area (Å²) >= 11 is 0. The molecule has 1 aliphatic heterocycles. The lowest BCUT2D eigenvalue weighted by atomic mass is 10.0. The van der Waals surface area contributed by atoms with E-state index in [4.69, 9.17) is 4.52 Å². The molecule has 0 saturated heterocycles. The summed E-state index contributed by atoms with van der Waals surface area (Å²) in [4.78, 5) is 0. The van der Waals surface area contributed by atoms with Gasteiger partial charge in [0.2, 0.25) is 0 Å². The molecule has 0 radical (unpaired) electrons. The molecule has 164 valence electrons. The van der Waals surface area contributed by atoms with Gasteiger partial charge in [0.1, 0.15) is 7.26 Å². The van der Waals surface area contributed by atoms with Crippen molar-refractivity contribution in [3.63, 3.8) is 0 Å². The van der Waals surface area contributed by atoms with Gasteiger partial charge in [0.05, 0.1) is 0 Å². The van der Waals surface area contributed by atoms with Gasteiger partial charge in [0.15, 0.2) is 0 Å². The third kappa shape index (κ3) is 4.19. The van der Waals surface area contributed by atoms with E-state index in [2.05, 4.69) is 129 Å². The first-order valence-electron chi connectivity index (χ1n) is 11.5. The summed E-state index contributed by atoms with van der Waals surface area (Å²) in [6.07, 6.45) is 4.75. The number of allylic oxidation sites excluding steroid dienone is 3. The van der Waals surface area contributed by atoms with Crippen LogP contribution in [0.15, 0.2) is 103 Å². The minimum Gasteiger partial charge on any atom is -0.343 e. The second kappa shape index (κ2) is 10.3. The third-order valence-corrected chi connectivity index (χ3v) is 10.0. The van der Waals surface area contributed by atoms with Gasteiger partial charge >= 0.3 is 0 Å². The maximum atomic E-state index is 6.92. The molecular weight excluding hydrogens is 409 g/mol. The summed E-state index contributed by atoms with van der Waals surface area (Å²) in [5.41, 5.74) is 4.92. The molecule has 32 heavy (non-hydrogen) atoms. The van der Waals surface area contributed by atoms with Crippen molar-refractivity contribution >= 4 is 23.4 Å². The largest absolute Gasteiger partial charge is 0.343 e. The Hall–Kier alpha value is -2.64. The van der Waals surface area contributed by atoms with Gasteiger partial charge in [-0.15, -0.1) is 0 Å². The molecule has 0 bridgehead atoms. The van der Waals surface area contributed by atoms with Gasteiger partial charge < -0.3 is 4.52 Å². The van der Waals surface area contributed by atoms with Crippen molar-refractivity contribution < 1.29 is 4.52 Å². The van der Waals surface area contributed by atoms with Crippen LogP contribution in [-0.4, -0.2) is 29.7 Å². The highest BCUT2D eigenvalue weighted by Crippen LogP contribution is 2.67. The second-order valence-electron chi connectivity index (χ2n) is 7.75. The highest BCUT2D eigenvalue weighted by Gasteiger charge is 2.36. The van der Waals surface area contributed by atoms with E-state index in [9.17, 15) is 0 Å². The van der Waals surface area contributed by atoms with E-state index in [1.54, 1.807) is 0 Å². The molecule has 3 aromatic carbocycles. The minimum absolute atomic E-state index is 0.666. The fraction of sp³-hybridized carbons (Fsp3) is 0.207. The quantitative estimate of drug-likeness (QED) is 0.334. The Balaban J connectivity index is 2.14. The Morgan fingerprint density at radius 2 is 1.12 bits per heavy atom. The average Bonchev–Trinajstić information content (AvgIpc) is 2.86. The monoisotopic (exact) mass is 441 g/mol. The zero-order chi connectivity index (χ0) is 22.4. The summed E-state index contributed by atoms with van der Waals surface area (Å²) in [6.45, 7) is 9.13. The SMILES string of the molecule is CCOP1(N(CC)CC)=C(c2ccccc2)C=C(c2ccccc2)C=C1c1ccccc1. The molecule has 0 fully saturated rings. The first-order chi connectivity index (χ1) is 15.7. The summed E-state index contributed by atoms with van der Waals surface area (Å²) in [5.74, 6) is 0. The predicted octanol–water partition coefficient (Wildman–Crippen LogP) is 7.57. The lowest BCUT2D eigenvalue weighted by Crippen LogP contribution is -2.27. The smallest absolute Gasteiger partial charge is 0.107 e. The molecule has 0 saturated carbocycles. The van der Waals surface area contributed by atoms with E-state index >= 15 is 0 Å². The Bertz CT molecular complexity index is 1140. The first-order valence-corrected chi connectivity index (χ1v) is 13.2. The summed E-state index contributed by atoms with van der Waals surface area (Å²) in [7, 11) is -2.29. The van der Waals surface area contributed by atoms with Gasteiger partial charge in [-0.3, -0.25) is 4.67 Å². The van der Waals surface area contributed by atoms with Crippen LogP contribution in [0.5, 0.6) is 0 Å². The summed E-state index contributed by atoms with van der Waals surface area (Å²) in [5, 5.41) is 2.59. The first kappa shape index (κ1) is 22.6. The van der Waals surface area contributed by atoms with Crippen LogP contribution in [0.1, 0.15) is 37.5 Å². The zero-order valence-corrected chi connectivity index (χ0v) is 20.1. The maximum Gasteiger partial charge on any atom is 0.107 e. The Kier molecular flexibility index (Phi) is 7.27. The van der Waals surface area contributed by atoms with Crippen LogP contribution >= 0.6 is 7.26 Å². The van der Waals surface area contributed by atoms with Crippen LogP contribution in [0.2, 0.25) is 0 Å². The molecule has 0 aromatic heterocycles. The van der Waals surface area contributed by atoms with E-state index in [0.29, 0.717) is 6.61 Å². The zero-order valence-electron chi connectivity index (χ0n) is 19.2. The van der Waals surface area contributed by atoms with Gasteiger partial charge in [-0.2, -0.15) is 0 Å². The molecule has 1 atom stereocenters. The van der Waals surface area contributed by atoms with E-state index in [-0.39, 0.29) is 0 Å². The molecule has 2 nitrogen and oxygen atoms in total. The van der Waals surface area contributed by atoms with Crippen LogP contribution in [0, 0.1) is 0 Å². The molecule has 3 aromatic rings. The van der Waals surface area contributed by atoms with E-state index in [1.165, 1.54) is 32.9 Å². The Morgan fingerprint density at radius 1 is 0.625 bits per heavy atom. The van der Waals surface area contributed by atoms with E-state index in [0.717, 1.165) is 13.1 Å². The normalized spacial score (nSPS) is 18.4. The van der Waals surface area contributed by atoms with Crippen molar-refractivity contribution in [2.75, 3.05) is 19.7 Å². The maximum absolute atomic E-state index is 6.92. The van der Waals surface area contributed by atoms with E-state index in [1.807, 2.05) is 0 Å². The summed E-state index contributed by atoms with van der Waals surface area (Å²) < 4.78 is 9.47. The summed E-state index contributed by atoms with van der Waals surface area (Å²) in [6, 6.07) is 32.2. The second-order valence-corrected chi connectivity index (χ2v) is 10.7. The lowest BCUT2D eigenvalue weighted by molar-refractivity contribution is 0.333. The molecule has 1 heterocycles. The standard InChI is InChI=1S/C29H32NOP/c1-4-30(5-2)32(31-6-3)28(25-18-12-8-13-19-25)22-27(24-16-10-7-11-17-24)23-29(32)26-20-14-9-15-21-26/h7-23H,4-6H2,1-3H3. The molecule has 1 unspecified atom stereocenters. The van der Waals surface area contributed by atoms with Crippen LogP contribution in [0.25, 0.3) is 10.9 Å². The fourth-order valence-electron chi connectivity index (χ4n) is 4.51. The van der Waals surface area contributed by atoms with Crippen LogP contribution in [-0.2, 0) is 4.52 Å². The molecule has 0 aliphatic carbocycles. The molecular formula is C29H32NOP. The van der Waals surface area contributed by atoms with Gasteiger partial charge in [0, 0.05) is 30.3 Å². The number of benzene rings is 3. The van der Waals surface area contributed by atoms with Gasteiger partial charge in [0.25, 0.3) is 0 Å². The Labute approximate surface area is 193 Å². The van der Waals surface area contributed by atoms with Crippen molar-refractivity contribution in [1.82, 2.24) is 4.67 Å². The molecule has 3 heteroatoms. The Morgan fingerprint density at radius 3 is 1.62 bits per heavy atom. The third-order valence-electron chi connectivity index (χ3n) is 5.93. The van der Waals surface area contributed by atoms with Gasteiger partial charge in [-0.05, 0) is 41.3 Å². The molecule has 1 aliphatic rings. The molecule has 0 spiro atoms. The van der Waals surface area contributed by atoms with Gasteiger partial charge in [-0.1, -0.05) is 105 Å². The molecule has 4 rings (SSSR count). The number of hydrogen-bond donors (Lipinski definition) is 0. The average molecular weight is 442 g/mol. The van der Waals surface area contributed by atoms with E-state index < -0.39 is 7.26 Å². The fourth-order valence-corrected chi connectivity index (χ4v) is 8.61. The van der Waals surface area contributed by atoms with Gasteiger partial charge in [-0.25, -0.2) is 0 Å². The number of hydrogen-bond acceptors (Lipinski definition) is 2. The van der Waals surface area contributed by atoms with Crippen molar-refractivity contribution in [3.8, 4) is 0 Å². The van der Waals surface area contributed by atoms with Crippen molar-refractivity contribution in [2.24, 2.45) is 0 Å². The minimum atomic E-state index is -2.29. The molecule has 0 N–H and O–H groups in total. The van der Waals surface area contributed by atoms with Crippen LogP contribution < -0.4 is 0 Å². The van der Waals surface area contributed by atoms with Crippen LogP contribution in [0.4, 0.5) is 0 Å². The molecule has 0 amide bonds. The lowest BCUT2D eigenvalue weighted by Gasteiger charge is -2.42. The predicted molar refractivity (Wildman–Crippen MR) is 141 cm³/mol. The van der Waals surface area contributed by atoms with Crippen LogP contribution in [0.3, 0.4) is 0 Å². The topological polar surface area (TPSA) is 12.5 Å². The van der Waals surface area contributed by atoms with Crippen molar-refractivity contribution in [3.05, 3.63) is 120 Å². The number of rotatable bonds is 8. The highest BCUT2D eigenvalue weighted by molar-refractivity contribution is 7.80.